The van der Waals surface area contributed by atoms with Gasteiger partial charge in [-0.15, -0.1) is 0 Å². The number of pyridine rings is 1. The fourth-order valence-electron chi connectivity index (χ4n) is 3.57. The maximum Gasteiger partial charge on any atom is 0.254 e. The van der Waals surface area contributed by atoms with Crippen LogP contribution >= 0.6 is 0 Å². The summed E-state index contributed by atoms with van der Waals surface area (Å²) in [6, 6.07) is 9.95. The Balaban J connectivity index is 1.82. The first-order chi connectivity index (χ1) is 13.0. The van der Waals surface area contributed by atoms with Crippen molar-refractivity contribution in [1.29, 1.82) is 0 Å². The number of anilines is 1. The number of fused-ring (bicyclic) bond motifs is 1. The Hall–Kier alpha value is -3.02. The summed E-state index contributed by atoms with van der Waals surface area (Å²) in [5.74, 6) is 0.715. The summed E-state index contributed by atoms with van der Waals surface area (Å²) in [6.07, 6.45) is 5.63. The van der Waals surface area contributed by atoms with Gasteiger partial charge in [0.15, 0.2) is 0 Å². The maximum absolute atomic E-state index is 13.3. The largest absolute Gasteiger partial charge is 0.347 e. The van der Waals surface area contributed by atoms with Crippen LogP contribution in [0, 0.1) is 0 Å². The van der Waals surface area contributed by atoms with Crippen molar-refractivity contribution < 1.29 is 4.79 Å². The van der Waals surface area contributed by atoms with Gasteiger partial charge in [0.2, 0.25) is 5.95 Å². The van der Waals surface area contributed by atoms with Crippen LogP contribution in [-0.2, 0) is 0 Å². The lowest BCUT2D eigenvalue weighted by atomic mass is 10.0. The fourth-order valence-corrected chi connectivity index (χ4v) is 3.57. The number of hydrogen-bond acceptors (Lipinski definition) is 5. The molecule has 1 fully saturated rings. The summed E-state index contributed by atoms with van der Waals surface area (Å²) in [5.41, 5.74) is 3.02. The second kappa shape index (κ2) is 6.95. The molecule has 1 aliphatic rings. The highest BCUT2D eigenvalue weighted by atomic mass is 16.2. The minimum Gasteiger partial charge on any atom is -0.347 e. The van der Waals surface area contributed by atoms with Crippen molar-refractivity contribution in [2.45, 2.75) is 25.8 Å². The van der Waals surface area contributed by atoms with Gasteiger partial charge in [-0.25, -0.2) is 15.0 Å². The Morgan fingerprint density at radius 2 is 1.93 bits per heavy atom. The lowest BCUT2D eigenvalue weighted by Crippen LogP contribution is -2.33. The van der Waals surface area contributed by atoms with Gasteiger partial charge in [0, 0.05) is 50.0 Å². The van der Waals surface area contributed by atoms with E-state index in [1.165, 1.54) is 0 Å². The molecule has 138 valence electrons. The molecule has 1 saturated heterocycles. The van der Waals surface area contributed by atoms with Crippen LogP contribution in [0.5, 0.6) is 0 Å². The smallest absolute Gasteiger partial charge is 0.254 e. The standard InChI is InChI=1S/C21H23N5O/c1-14-7-6-10-26(14)20(27)17-11-19(24-18-9-5-4-8-16(17)18)15-12-22-21(23-13-15)25(2)3/h4-5,8-9,11-14H,6-7,10H2,1-3H3/t14-/m1/s1. The minimum absolute atomic E-state index is 0.0747. The summed E-state index contributed by atoms with van der Waals surface area (Å²) in [6.45, 7) is 2.93. The molecule has 0 N–H and O–H groups in total. The van der Waals surface area contributed by atoms with Crippen molar-refractivity contribution in [3.8, 4) is 11.3 Å². The normalized spacial score (nSPS) is 16.7. The average molecular weight is 361 g/mol. The van der Waals surface area contributed by atoms with E-state index in [0.29, 0.717) is 17.2 Å². The molecule has 1 aliphatic heterocycles. The number of likely N-dealkylation sites (tertiary alicyclic amines) is 1. The molecule has 6 nitrogen and oxygen atoms in total. The summed E-state index contributed by atoms with van der Waals surface area (Å²) >= 11 is 0. The number of amides is 1. The summed E-state index contributed by atoms with van der Waals surface area (Å²) in [7, 11) is 3.80. The van der Waals surface area contributed by atoms with Gasteiger partial charge in [-0.2, -0.15) is 0 Å². The number of carbonyl (C=O) groups excluding carboxylic acids is 1. The van der Waals surface area contributed by atoms with E-state index in [2.05, 4.69) is 16.9 Å². The van der Waals surface area contributed by atoms with Crippen molar-refractivity contribution in [2.75, 3.05) is 25.5 Å². The van der Waals surface area contributed by atoms with E-state index in [0.717, 1.165) is 35.9 Å². The monoisotopic (exact) mass is 361 g/mol. The molecule has 4 rings (SSSR count). The quantitative estimate of drug-likeness (QED) is 0.716. The van der Waals surface area contributed by atoms with E-state index < -0.39 is 0 Å². The first-order valence-corrected chi connectivity index (χ1v) is 9.25. The van der Waals surface area contributed by atoms with Crippen LogP contribution in [-0.4, -0.2) is 52.4 Å². The zero-order valence-electron chi connectivity index (χ0n) is 15.9. The van der Waals surface area contributed by atoms with Crippen LogP contribution < -0.4 is 4.90 Å². The van der Waals surface area contributed by atoms with E-state index in [1.807, 2.05) is 54.2 Å². The van der Waals surface area contributed by atoms with E-state index in [-0.39, 0.29) is 11.9 Å². The second-order valence-corrected chi connectivity index (χ2v) is 7.23. The van der Waals surface area contributed by atoms with Crippen molar-refractivity contribution in [2.24, 2.45) is 0 Å². The topological polar surface area (TPSA) is 62.2 Å². The third-order valence-corrected chi connectivity index (χ3v) is 5.09. The number of nitrogens with zero attached hydrogens (tertiary/aromatic N) is 5. The van der Waals surface area contributed by atoms with Crippen molar-refractivity contribution in [3.63, 3.8) is 0 Å². The fraction of sp³-hybridized carbons (Fsp3) is 0.333. The Labute approximate surface area is 158 Å². The van der Waals surface area contributed by atoms with Crippen LogP contribution in [0.3, 0.4) is 0 Å². The third-order valence-electron chi connectivity index (χ3n) is 5.09. The Bertz CT molecular complexity index is 984. The Morgan fingerprint density at radius 1 is 1.19 bits per heavy atom. The van der Waals surface area contributed by atoms with Gasteiger partial charge in [0.1, 0.15) is 0 Å². The van der Waals surface area contributed by atoms with Gasteiger partial charge in [-0.3, -0.25) is 4.79 Å². The molecule has 0 spiro atoms. The Kier molecular flexibility index (Phi) is 4.48. The van der Waals surface area contributed by atoms with Crippen molar-refractivity contribution in [1.82, 2.24) is 19.9 Å². The Morgan fingerprint density at radius 3 is 2.59 bits per heavy atom. The van der Waals surface area contributed by atoms with Crippen molar-refractivity contribution >= 4 is 22.8 Å². The number of hydrogen-bond donors (Lipinski definition) is 0. The molecule has 3 aromatic rings. The second-order valence-electron chi connectivity index (χ2n) is 7.23. The van der Waals surface area contributed by atoms with E-state index >= 15 is 0 Å². The minimum atomic E-state index is 0.0747. The van der Waals surface area contributed by atoms with Crippen LogP contribution in [0.1, 0.15) is 30.1 Å². The van der Waals surface area contributed by atoms with Gasteiger partial charge in [-0.05, 0) is 31.9 Å². The average Bonchev–Trinajstić information content (AvgIpc) is 3.12. The predicted octanol–water partition coefficient (Wildman–Crippen LogP) is 3.38. The lowest BCUT2D eigenvalue weighted by Gasteiger charge is -2.22. The van der Waals surface area contributed by atoms with Crippen LogP contribution in [0.15, 0.2) is 42.7 Å². The van der Waals surface area contributed by atoms with Gasteiger partial charge < -0.3 is 9.80 Å². The molecule has 2 aromatic heterocycles. The van der Waals surface area contributed by atoms with Crippen molar-refractivity contribution in [3.05, 3.63) is 48.3 Å². The number of para-hydroxylation sites is 1. The highest BCUT2D eigenvalue weighted by Gasteiger charge is 2.27. The molecule has 27 heavy (non-hydrogen) atoms. The number of benzene rings is 1. The molecule has 1 atom stereocenters. The number of aromatic nitrogens is 3. The number of carbonyl (C=O) groups is 1. The first kappa shape index (κ1) is 17.4. The van der Waals surface area contributed by atoms with Gasteiger partial charge in [0.25, 0.3) is 5.91 Å². The highest BCUT2D eigenvalue weighted by molar-refractivity contribution is 6.07. The molecule has 1 amide bonds. The zero-order chi connectivity index (χ0) is 19.0. The molecular weight excluding hydrogens is 338 g/mol. The predicted molar refractivity (Wildman–Crippen MR) is 107 cm³/mol. The molecular formula is C21H23N5O. The molecule has 6 heteroatoms. The van der Waals surface area contributed by atoms with E-state index in [1.54, 1.807) is 12.4 Å². The highest BCUT2D eigenvalue weighted by Crippen LogP contribution is 2.28. The molecule has 0 unspecified atom stereocenters. The molecule has 0 radical (unpaired) electrons. The molecule has 0 bridgehead atoms. The molecule has 1 aromatic carbocycles. The molecule has 0 aliphatic carbocycles. The number of rotatable bonds is 3. The molecule has 3 heterocycles. The summed E-state index contributed by atoms with van der Waals surface area (Å²) in [4.78, 5) is 30.6. The summed E-state index contributed by atoms with van der Waals surface area (Å²) < 4.78 is 0. The zero-order valence-corrected chi connectivity index (χ0v) is 15.9. The third kappa shape index (κ3) is 3.23. The van der Waals surface area contributed by atoms with Crippen LogP contribution in [0.2, 0.25) is 0 Å². The van der Waals surface area contributed by atoms with E-state index in [4.69, 9.17) is 4.98 Å². The van der Waals surface area contributed by atoms with Gasteiger partial charge in [0.05, 0.1) is 16.8 Å². The van der Waals surface area contributed by atoms with Crippen LogP contribution in [0.25, 0.3) is 22.2 Å². The lowest BCUT2D eigenvalue weighted by molar-refractivity contribution is 0.0749. The maximum atomic E-state index is 13.3. The SMILES string of the molecule is C[C@@H]1CCCN1C(=O)c1cc(-c2cnc(N(C)C)nc2)nc2ccccc12. The summed E-state index contributed by atoms with van der Waals surface area (Å²) in [5, 5.41) is 0.885. The van der Waals surface area contributed by atoms with Gasteiger partial charge in [-0.1, -0.05) is 18.2 Å². The van der Waals surface area contributed by atoms with Gasteiger partial charge >= 0.3 is 0 Å². The van der Waals surface area contributed by atoms with E-state index in [9.17, 15) is 4.79 Å². The van der Waals surface area contributed by atoms with Crippen LogP contribution in [0.4, 0.5) is 5.95 Å². The first-order valence-electron chi connectivity index (χ1n) is 9.25. The molecule has 0 saturated carbocycles.